The highest BCUT2D eigenvalue weighted by molar-refractivity contribution is 7.98. The second-order valence-electron chi connectivity index (χ2n) is 4.96. The summed E-state index contributed by atoms with van der Waals surface area (Å²) in [5.41, 5.74) is 3.11. The minimum absolute atomic E-state index is 0.578. The lowest BCUT2D eigenvalue weighted by Crippen LogP contribution is -2.10. The quantitative estimate of drug-likeness (QED) is 0.870. The Hall–Kier alpha value is -1.45. The van der Waals surface area contributed by atoms with Gasteiger partial charge in [0.05, 0.1) is 6.61 Å². The van der Waals surface area contributed by atoms with Crippen molar-refractivity contribution in [1.82, 2.24) is 0 Å². The van der Waals surface area contributed by atoms with E-state index in [1.54, 1.807) is 11.8 Å². The van der Waals surface area contributed by atoms with Crippen molar-refractivity contribution in [3.05, 3.63) is 59.2 Å². The van der Waals surface area contributed by atoms with Crippen LogP contribution in [-0.2, 0) is 6.42 Å². The SMILES string of the molecule is CSc1ccccc1C(O)c1ccc2c(c1)CCCO2. The van der Waals surface area contributed by atoms with E-state index < -0.39 is 6.10 Å². The van der Waals surface area contributed by atoms with Crippen molar-refractivity contribution >= 4 is 11.8 Å². The van der Waals surface area contributed by atoms with Crippen LogP contribution in [0.2, 0.25) is 0 Å². The van der Waals surface area contributed by atoms with Crippen molar-refractivity contribution in [1.29, 1.82) is 0 Å². The van der Waals surface area contributed by atoms with E-state index in [0.29, 0.717) is 0 Å². The van der Waals surface area contributed by atoms with Gasteiger partial charge >= 0.3 is 0 Å². The van der Waals surface area contributed by atoms with Crippen LogP contribution in [0, 0.1) is 0 Å². The standard InChI is InChI=1S/C17H18O2S/c1-20-16-7-3-2-6-14(16)17(18)13-8-9-15-12(11-13)5-4-10-19-15/h2-3,6-9,11,17-18H,4-5,10H2,1H3. The fourth-order valence-corrected chi connectivity index (χ4v) is 3.25. The first kappa shape index (κ1) is 13.5. The summed E-state index contributed by atoms with van der Waals surface area (Å²) >= 11 is 1.66. The Kier molecular flexibility index (Phi) is 3.99. The van der Waals surface area contributed by atoms with E-state index in [4.69, 9.17) is 4.74 Å². The van der Waals surface area contributed by atoms with Crippen LogP contribution in [-0.4, -0.2) is 18.0 Å². The average molecular weight is 286 g/mol. The van der Waals surface area contributed by atoms with Crippen LogP contribution >= 0.6 is 11.8 Å². The topological polar surface area (TPSA) is 29.5 Å². The van der Waals surface area contributed by atoms with Gasteiger partial charge in [0, 0.05) is 4.90 Å². The Morgan fingerprint density at radius 1 is 1.20 bits per heavy atom. The van der Waals surface area contributed by atoms with E-state index in [-0.39, 0.29) is 0 Å². The zero-order valence-electron chi connectivity index (χ0n) is 11.5. The van der Waals surface area contributed by atoms with E-state index in [0.717, 1.165) is 41.2 Å². The van der Waals surface area contributed by atoms with Crippen molar-refractivity contribution < 1.29 is 9.84 Å². The van der Waals surface area contributed by atoms with E-state index >= 15 is 0 Å². The highest BCUT2D eigenvalue weighted by Gasteiger charge is 2.17. The van der Waals surface area contributed by atoms with Gasteiger partial charge in [-0.2, -0.15) is 0 Å². The fourth-order valence-electron chi connectivity index (χ4n) is 2.62. The van der Waals surface area contributed by atoms with Gasteiger partial charge in [-0.25, -0.2) is 0 Å². The Bertz CT molecular complexity index is 610. The van der Waals surface area contributed by atoms with Crippen molar-refractivity contribution in [3.8, 4) is 5.75 Å². The van der Waals surface area contributed by atoms with Gasteiger partial charge in [-0.05, 0) is 54.0 Å². The zero-order valence-corrected chi connectivity index (χ0v) is 12.3. The summed E-state index contributed by atoms with van der Waals surface area (Å²) in [5, 5.41) is 10.7. The van der Waals surface area contributed by atoms with Crippen molar-refractivity contribution in [2.75, 3.05) is 12.9 Å². The lowest BCUT2D eigenvalue weighted by molar-refractivity contribution is 0.216. The van der Waals surface area contributed by atoms with Crippen molar-refractivity contribution in [3.63, 3.8) is 0 Å². The molecule has 3 heteroatoms. The van der Waals surface area contributed by atoms with Gasteiger partial charge < -0.3 is 9.84 Å². The number of aryl methyl sites for hydroxylation is 1. The number of hydrogen-bond acceptors (Lipinski definition) is 3. The Morgan fingerprint density at radius 3 is 2.90 bits per heavy atom. The first-order chi connectivity index (χ1) is 9.79. The highest BCUT2D eigenvalue weighted by Crippen LogP contribution is 2.33. The number of hydrogen-bond donors (Lipinski definition) is 1. The summed E-state index contributed by atoms with van der Waals surface area (Å²) < 4.78 is 5.62. The average Bonchev–Trinajstić information content (AvgIpc) is 2.53. The smallest absolute Gasteiger partial charge is 0.122 e. The number of benzene rings is 2. The maximum Gasteiger partial charge on any atom is 0.122 e. The molecular weight excluding hydrogens is 268 g/mol. The van der Waals surface area contributed by atoms with Crippen LogP contribution < -0.4 is 4.74 Å². The van der Waals surface area contributed by atoms with E-state index in [9.17, 15) is 5.11 Å². The zero-order chi connectivity index (χ0) is 13.9. The minimum atomic E-state index is -0.578. The van der Waals surface area contributed by atoms with Gasteiger partial charge in [0.1, 0.15) is 11.9 Å². The molecule has 1 unspecified atom stereocenters. The largest absolute Gasteiger partial charge is 0.493 e. The van der Waals surface area contributed by atoms with Crippen LogP contribution in [0.4, 0.5) is 0 Å². The molecule has 2 nitrogen and oxygen atoms in total. The first-order valence-electron chi connectivity index (χ1n) is 6.86. The second-order valence-corrected chi connectivity index (χ2v) is 5.81. The number of rotatable bonds is 3. The lowest BCUT2D eigenvalue weighted by Gasteiger charge is -2.20. The molecule has 1 N–H and O–H groups in total. The molecule has 1 heterocycles. The van der Waals surface area contributed by atoms with E-state index in [1.165, 1.54) is 5.56 Å². The lowest BCUT2D eigenvalue weighted by atomic mass is 9.97. The summed E-state index contributed by atoms with van der Waals surface area (Å²) in [6, 6.07) is 14.0. The van der Waals surface area contributed by atoms with Gasteiger partial charge in [-0.15, -0.1) is 11.8 Å². The predicted molar refractivity (Wildman–Crippen MR) is 82.5 cm³/mol. The van der Waals surface area contributed by atoms with Crippen LogP contribution in [0.1, 0.15) is 29.2 Å². The molecule has 0 fully saturated rings. The van der Waals surface area contributed by atoms with Crippen LogP contribution in [0.15, 0.2) is 47.4 Å². The molecule has 20 heavy (non-hydrogen) atoms. The predicted octanol–water partition coefficient (Wildman–Crippen LogP) is 3.82. The van der Waals surface area contributed by atoms with Crippen LogP contribution in [0.3, 0.4) is 0 Å². The van der Waals surface area contributed by atoms with Crippen molar-refractivity contribution in [2.45, 2.75) is 23.8 Å². The maximum atomic E-state index is 10.7. The molecule has 1 atom stereocenters. The molecular formula is C17H18O2S. The third-order valence-corrected chi connectivity index (χ3v) is 4.49. The molecule has 3 rings (SSSR count). The summed E-state index contributed by atoms with van der Waals surface area (Å²) in [7, 11) is 0. The molecule has 2 aromatic carbocycles. The second kappa shape index (κ2) is 5.90. The molecule has 2 aromatic rings. The fraction of sp³-hybridized carbons (Fsp3) is 0.294. The molecule has 0 saturated carbocycles. The molecule has 0 radical (unpaired) electrons. The molecule has 0 spiro atoms. The normalized spacial score (nSPS) is 15.3. The summed E-state index contributed by atoms with van der Waals surface area (Å²) in [5.74, 6) is 0.963. The molecule has 1 aliphatic heterocycles. The number of aliphatic hydroxyl groups is 1. The number of aliphatic hydroxyl groups excluding tert-OH is 1. The number of fused-ring (bicyclic) bond motifs is 1. The molecule has 104 valence electrons. The summed E-state index contributed by atoms with van der Waals surface area (Å²) in [6.07, 6.45) is 3.53. The number of ether oxygens (including phenoxy) is 1. The highest BCUT2D eigenvalue weighted by atomic mass is 32.2. The molecule has 0 bridgehead atoms. The first-order valence-corrected chi connectivity index (χ1v) is 8.08. The van der Waals surface area contributed by atoms with Gasteiger partial charge in [0.25, 0.3) is 0 Å². The Balaban J connectivity index is 1.96. The van der Waals surface area contributed by atoms with Crippen molar-refractivity contribution in [2.24, 2.45) is 0 Å². The summed E-state index contributed by atoms with van der Waals surface area (Å²) in [4.78, 5) is 1.12. The molecule has 0 aromatic heterocycles. The van der Waals surface area contributed by atoms with Gasteiger partial charge in [-0.1, -0.05) is 24.3 Å². The van der Waals surface area contributed by atoms with Gasteiger partial charge in [0.2, 0.25) is 0 Å². The van der Waals surface area contributed by atoms with E-state index in [1.807, 2.05) is 42.7 Å². The Labute approximate surface area is 123 Å². The van der Waals surface area contributed by atoms with Gasteiger partial charge in [0.15, 0.2) is 0 Å². The molecule has 1 aliphatic rings. The summed E-state index contributed by atoms with van der Waals surface area (Å²) in [6.45, 7) is 0.796. The maximum absolute atomic E-state index is 10.7. The van der Waals surface area contributed by atoms with Crippen LogP contribution in [0.5, 0.6) is 5.75 Å². The Morgan fingerprint density at radius 2 is 2.05 bits per heavy atom. The van der Waals surface area contributed by atoms with Gasteiger partial charge in [-0.3, -0.25) is 0 Å². The third-order valence-electron chi connectivity index (χ3n) is 3.68. The molecule has 0 aliphatic carbocycles. The number of thioether (sulfide) groups is 1. The van der Waals surface area contributed by atoms with E-state index in [2.05, 4.69) is 6.07 Å². The minimum Gasteiger partial charge on any atom is -0.493 e. The monoisotopic (exact) mass is 286 g/mol. The molecule has 0 amide bonds. The third kappa shape index (κ3) is 2.56. The molecule has 0 saturated heterocycles. The van der Waals surface area contributed by atoms with Crippen LogP contribution in [0.25, 0.3) is 0 Å².